The van der Waals surface area contributed by atoms with Gasteiger partial charge in [-0.2, -0.15) is 0 Å². The van der Waals surface area contributed by atoms with E-state index in [0.29, 0.717) is 23.2 Å². The van der Waals surface area contributed by atoms with Crippen LogP contribution in [-0.2, 0) is 6.42 Å². The van der Waals surface area contributed by atoms with E-state index in [-0.39, 0.29) is 12.4 Å². The van der Waals surface area contributed by atoms with Crippen LogP contribution in [0.2, 0.25) is 0 Å². The number of aromatic nitrogens is 4. The molecule has 11 heteroatoms. The standard InChI is InChI=1S/C18H12BrF2N5O3/c19-8-1-2-11-10(5-8)25-17(29-11)14-12-9(22-6-23-12)3-4-26(14)18(27)15-13(16(20)21)24-7-28-15/h1-2,5-7,14,16H,3-4H2,(H,22,23)/t14-/m0/s1. The Labute approximate surface area is 170 Å². The molecule has 0 unspecified atom stereocenters. The number of carbonyl (C=O) groups is 1. The SMILES string of the molecule is O=C(c1ocnc1C(F)F)N1CCc2[nH]cnc2[C@H]1c1nc2cc(Br)ccc2o1. The molecule has 0 saturated heterocycles. The molecule has 8 nitrogen and oxygen atoms in total. The highest BCUT2D eigenvalue weighted by molar-refractivity contribution is 9.10. The minimum atomic E-state index is -2.93. The number of hydrogen-bond acceptors (Lipinski definition) is 6. The molecule has 0 radical (unpaired) electrons. The molecule has 0 fully saturated rings. The molecule has 1 amide bonds. The van der Waals surface area contributed by atoms with Gasteiger partial charge in [0.2, 0.25) is 11.7 Å². The van der Waals surface area contributed by atoms with Gasteiger partial charge in [-0.25, -0.2) is 23.7 Å². The summed E-state index contributed by atoms with van der Waals surface area (Å²) >= 11 is 3.39. The predicted octanol–water partition coefficient (Wildman–Crippen LogP) is 4.03. The summed E-state index contributed by atoms with van der Waals surface area (Å²) in [7, 11) is 0. The molecule has 1 aliphatic rings. The number of halogens is 3. The number of hydrogen-bond donors (Lipinski definition) is 1. The fraction of sp³-hybridized carbons (Fsp3) is 0.222. The van der Waals surface area contributed by atoms with Crippen LogP contribution in [0.1, 0.15) is 46.0 Å². The van der Waals surface area contributed by atoms with E-state index in [4.69, 9.17) is 8.83 Å². The smallest absolute Gasteiger partial charge is 0.292 e. The Morgan fingerprint density at radius 3 is 3.03 bits per heavy atom. The molecule has 0 bridgehead atoms. The fourth-order valence-corrected chi connectivity index (χ4v) is 3.83. The average Bonchev–Trinajstić information content (AvgIpc) is 3.43. The molecule has 3 aromatic heterocycles. The molecule has 0 saturated carbocycles. The Kier molecular flexibility index (Phi) is 4.19. The summed E-state index contributed by atoms with van der Waals surface area (Å²) in [5.74, 6) is -0.986. The van der Waals surface area contributed by atoms with Gasteiger partial charge in [0.05, 0.1) is 12.0 Å². The van der Waals surface area contributed by atoms with Crippen molar-refractivity contribution in [3.63, 3.8) is 0 Å². The van der Waals surface area contributed by atoms with Crippen molar-refractivity contribution in [2.75, 3.05) is 6.54 Å². The second kappa shape index (κ2) is 6.76. The number of rotatable bonds is 3. The Morgan fingerprint density at radius 1 is 1.34 bits per heavy atom. The van der Waals surface area contributed by atoms with E-state index in [0.717, 1.165) is 16.6 Å². The Balaban J connectivity index is 1.62. The lowest BCUT2D eigenvalue weighted by atomic mass is 10.0. The fourth-order valence-electron chi connectivity index (χ4n) is 3.48. The van der Waals surface area contributed by atoms with Crippen LogP contribution in [0.15, 0.2) is 44.2 Å². The van der Waals surface area contributed by atoms with Crippen molar-refractivity contribution in [1.29, 1.82) is 0 Å². The molecule has 4 aromatic rings. The van der Waals surface area contributed by atoms with Crippen LogP contribution >= 0.6 is 15.9 Å². The minimum Gasteiger partial charge on any atom is -0.438 e. The largest absolute Gasteiger partial charge is 0.438 e. The topological polar surface area (TPSA) is 101 Å². The third-order valence-corrected chi connectivity index (χ3v) is 5.28. The number of imidazole rings is 1. The highest BCUT2D eigenvalue weighted by atomic mass is 79.9. The second-order valence-corrected chi connectivity index (χ2v) is 7.36. The molecular formula is C18H12BrF2N5O3. The van der Waals surface area contributed by atoms with E-state index < -0.39 is 29.8 Å². The number of alkyl halides is 2. The van der Waals surface area contributed by atoms with Crippen LogP contribution in [0.4, 0.5) is 8.78 Å². The van der Waals surface area contributed by atoms with Gasteiger partial charge in [0.25, 0.3) is 12.3 Å². The number of oxazole rings is 2. The summed E-state index contributed by atoms with van der Waals surface area (Å²) in [6.45, 7) is 0.241. The van der Waals surface area contributed by atoms with Gasteiger partial charge >= 0.3 is 0 Å². The first-order valence-corrected chi connectivity index (χ1v) is 9.43. The van der Waals surface area contributed by atoms with Crippen LogP contribution in [0.25, 0.3) is 11.1 Å². The number of aromatic amines is 1. The summed E-state index contributed by atoms with van der Waals surface area (Å²) < 4.78 is 38.2. The number of amides is 1. The lowest BCUT2D eigenvalue weighted by molar-refractivity contribution is 0.0620. The van der Waals surface area contributed by atoms with Crippen molar-refractivity contribution >= 4 is 32.9 Å². The first kappa shape index (κ1) is 18.0. The second-order valence-electron chi connectivity index (χ2n) is 6.45. The van der Waals surface area contributed by atoms with Crippen LogP contribution < -0.4 is 0 Å². The lowest BCUT2D eigenvalue weighted by Gasteiger charge is -2.32. The molecule has 29 heavy (non-hydrogen) atoms. The van der Waals surface area contributed by atoms with Crippen LogP contribution in [0.5, 0.6) is 0 Å². The van der Waals surface area contributed by atoms with Gasteiger partial charge in [0.1, 0.15) is 5.52 Å². The number of nitrogens with one attached hydrogen (secondary N) is 1. The Morgan fingerprint density at radius 2 is 2.21 bits per heavy atom. The molecule has 1 atom stereocenters. The summed E-state index contributed by atoms with van der Waals surface area (Å²) in [5, 5.41) is 0. The molecule has 0 aliphatic carbocycles. The van der Waals surface area contributed by atoms with Crippen molar-refractivity contribution in [3.05, 3.63) is 64.1 Å². The van der Waals surface area contributed by atoms with E-state index in [1.165, 1.54) is 11.2 Å². The maximum absolute atomic E-state index is 13.2. The molecule has 5 rings (SSSR count). The minimum absolute atomic E-state index is 0.234. The van der Waals surface area contributed by atoms with Gasteiger partial charge in [-0.1, -0.05) is 15.9 Å². The van der Waals surface area contributed by atoms with Crippen molar-refractivity contribution in [2.45, 2.75) is 18.9 Å². The van der Waals surface area contributed by atoms with Gasteiger partial charge < -0.3 is 18.7 Å². The van der Waals surface area contributed by atoms with E-state index in [1.807, 2.05) is 6.07 Å². The molecule has 1 aliphatic heterocycles. The van der Waals surface area contributed by atoms with Crippen LogP contribution in [0.3, 0.4) is 0 Å². The van der Waals surface area contributed by atoms with Crippen molar-refractivity contribution < 1.29 is 22.4 Å². The number of nitrogens with zero attached hydrogens (tertiary/aromatic N) is 4. The zero-order chi connectivity index (χ0) is 20.1. The Bertz CT molecular complexity index is 1220. The first-order chi connectivity index (χ1) is 14.0. The normalized spacial score (nSPS) is 16.6. The van der Waals surface area contributed by atoms with Gasteiger partial charge in [-0.05, 0) is 18.2 Å². The first-order valence-electron chi connectivity index (χ1n) is 8.63. The number of carbonyl (C=O) groups excluding carboxylic acids is 1. The summed E-state index contributed by atoms with van der Waals surface area (Å²) in [4.78, 5) is 29.8. The van der Waals surface area contributed by atoms with Gasteiger partial charge in [-0.15, -0.1) is 0 Å². The predicted molar refractivity (Wildman–Crippen MR) is 98.3 cm³/mol. The van der Waals surface area contributed by atoms with Crippen molar-refractivity contribution in [3.8, 4) is 0 Å². The number of H-pyrrole nitrogens is 1. The maximum atomic E-state index is 13.2. The maximum Gasteiger partial charge on any atom is 0.292 e. The quantitative estimate of drug-likeness (QED) is 0.492. The molecule has 148 valence electrons. The van der Waals surface area contributed by atoms with Crippen molar-refractivity contribution in [1.82, 2.24) is 24.8 Å². The highest BCUT2D eigenvalue weighted by Gasteiger charge is 2.40. The third-order valence-electron chi connectivity index (χ3n) is 4.78. The van der Waals surface area contributed by atoms with Gasteiger partial charge in [0, 0.05) is 23.1 Å². The summed E-state index contributed by atoms with van der Waals surface area (Å²) in [6, 6.07) is 4.56. The van der Waals surface area contributed by atoms with E-state index in [1.54, 1.807) is 12.1 Å². The van der Waals surface area contributed by atoms with Gasteiger partial charge in [-0.3, -0.25) is 4.79 Å². The van der Waals surface area contributed by atoms with Crippen LogP contribution in [-0.4, -0.2) is 37.3 Å². The number of fused-ring (bicyclic) bond motifs is 2. The monoisotopic (exact) mass is 463 g/mol. The van der Waals surface area contributed by atoms with Crippen molar-refractivity contribution in [2.24, 2.45) is 0 Å². The molecule has 4 heterocycles. The molecule has 1 aromatic carbocycles. The highest BCUT2D eigenvalue weighted by Crippen LogP contribution is 2.36. The van der Waals surface area contributed by atoms with E-state index in [2.05, 4.69) is 35.9 Å². The van der Waals surface area contributed by atoms with Gasteiger partial charge in [0.15, 0.2) is 23.7 Å². The third kappa shape index (κ3) is 2.92. The summed E-state index contributed by atoms with van der Waals surface area (Å²) in [5.41, 5.74) is 1.81. The van der Waals surface area contributed by atoms with Crippen LogP contribution in [0, 0.1) is 0 Å². The summed E-state index contributed by atoms with van der Waals surface area (Å²) in [6.07, 6.45) is -0.102. The molecular weight excluding hydrogens is 452 g/mol. The van der Waals surface area contributed by atoms with E-state index >= 15 is 0 Å². The van der Waals surface area contributed by atoms with E-state index in [9.17, 15) is 13.6 Å². The molecule has 0 spiro atoms. The molecule has 1 N–H and O–H groups in total. The zero-order valence-corrected chi connectivity index (χ0v) is 16.2. The lowest BCUT2D eigenvalue weighted by Crippen LogP contribution is -2.41. The zero-order valence-electron chi connectivity index (χ0n) is 14.6. The Hall–Kier alpha value is -3.08. The average molecular weight is 464 g/mol. The number of benzene rings is 1.